The second kappa shape index (κ2) is 10.6. The summed E-state index contributed by atoms with van der Waals surface area (Å²) in [5.74, 6) is 1.37. The minimum Gasteiger partial charge on any atom is -0.494 e. The Kier molecular flexibility index (Phi) is 7.64. The van der Waals surface area contributed by atoms with Crippen LogP contribution in [0.2, 0.25) is 0 Å². The van der Waals surface area contributed by atoms with Crippen LogP contribution in [-0.4, -0.2) is 24.1 Å². The van der Waals surface area contributed by atoms with Crippen LogP contribution in [-0.2, 0) is 11.2 Å². The van der Waals surface area contributed by atoms with Gasteiger partial charge >= 0.3 is 0 Å². The zero-order valence-corrected chi connectivity index (χ0v) is 17.6. The van der Waals surface area contributed by atoms with Gasteiger partial charge in [-0.25, -0.2) is 4.98 Å². The highest BCUT2D eigenvalue weighted by molar-refractivity contribution is 7.14. The lowest BCUT2D eigenvalue weighted by molar-refractivity contribution is -0.118. The van der Waals surface area contributed by atoms with E-state index in [1.807, 2.05) is 53.9 Å². The monoisotopic (exact) mass is 410 g/mol. The van der Waals surface area contributed by atoms with E-state index in [2.05, 4.69) is 24.1 Å². The van der Waals surface area contributed by atoms with E-state index in [1.54, 1.807) is 0 Å². The van der Waals surface area contributed by atoms with Crippen molar-refractivity contribution in [3.63, 3.8) is 0 Å². The summed E-state index contributed by atoms with van der Waals surface area (Å²) in [4.78, 5) is 16.7. The van der Waals surface area contributed by atoms with Crippen LogP contribution < -0.4 is 14.8 Å². The normalized spacial score (nSPS) is 10.6. The summed E-state index contributed by atoms with van der Waals surface area (Å²) in [5, 5.41) is 5.29. The number of rotatable bonds is 10. The van der Waals surface area contributed by atoms with Crippen LogP contribution in [0.25, 0.3) is 11.3 Å². The van der Waals surface area contributed by atoms with Gasteiger partial charge in [-0.1, -0.05) is 38.5 Å². The van der Waals surface area contributed by atoms with Crippen LogP contribution in [0.3, 0.4) is 0 Å². The summed E-state index contributed by atoms with van der Waals surface area (Å²) in [6.45, 7) is 4.88. The number of hydrogen-bond acceptors (Lipinski definition) is 5. The Bertz CT molecular complexity index is 922. The van der Waals surface area contributed by atoms with Gasteiger partial charge in [0.15, 0.2) is 11.7 Å². The number of para-hydroxylation sites is 1. The van der Waals surface area contributed by atoms with Gasteiger partial charge in [-0.3, -0.25) is 10.1 Å². The molecule has 1 aromatic heterocycles. The van der Waals surface area contributed by atoms with Gasteiger partial charge in [-0.15, -0.1) is 11.3 Å². The molecule has 6 heteroatoms. The minimum absolute atomic E-state index is 0.0459. The highest BCUT2D eigenvalue weighted by Crippen LogP contribution is 2.26. The molecule has 3 rings (SSSR count). The van der Waals surface area contributed by atoms with Crippen LogP contribution in [0.15, 0.2) is 53.9 Å². The molecule has 29 heavy (non-hydrogen) atoms. The van der Waals surface area contributed by atoms with Crippen molar-refractivity contribution >= 4 is 22.4 Å². The second-order valence-corrected chi connectivity index (χ2v) is 7.42. The number of thiazole rings is 1. The molecule has 0 unspecified atom stereocenters. The van der Waals surface area contributed by atoms with Crippen molar-refractivity contribution in [3.05, 3.63) is 59.5 Å². The summed E-state index contributed by atoms with van der Waals surface area (Å²) in [6, 6.07) is 15.6. The Hall–Kier alpha value is -2.86. The molecule has 0 radical (unpaired) electrons. The number of carbonyl (C=O) groups is 1. The molecular weight excluding hydrogens is 384 g/mol. The third kappa shape index (κ3) is 6.06. The fourth-order valence-electron chi connectivity index (χ4n) is 2.76. The van der Waals surface area contributed by atoms with E-state index >= 15 is 0 Å². The molecule has 5 nitrogen and oxygen atoms in total. The van der Waals surface area contributed by atoms with E-state index in [9.17, 15) is 4.79 Å². The molecule has 152 valence electrons. The van der Waals surface area contributed by atoms with Crippen molar-refractivity contribution < 1.29 is 14.3 Å². The molecule has 1 heterocycles. The number of ether oxygens (including phenoxy) is 2. The average Bonchev–Trinajstić information content (AvgIpc) is 3.21. The molecule has 1 amide bonds. The maximum absolute atomic E-state index is 12.2. The smallest absolute Gasteiger partial charge is 0.264 e. The zero-order valence-electron chi connectivity index (χ0n) is 16.8. The third-order valence-electron chi connectivity index (χ3n) is 4.38. The number of nitrogens with one attached hydrogen (secondary N) is 1. The maximum Gasteiger partial charge on any atom is 0.264 e. The van der Waals surface area contributed by atoms with Crippen molar-refractivity contribution in [1.29, 1.82) is 0 Å². The first-order valence-electron chi connectivity index (χ1n) is 9.89. The molecule has 3 aromatic rings. The van der Waals surface area contributed by atoms with Crippen molar-refractivity contribution in [1.82, 2.24) is 4.98 Å². The predicted octanol–water partition coefficient (Wildman–Crippen LogP) is 5.57. The molecule has 2 aromatic carbocycles. The average molecular weight is 411 g/mol. The van der Waals surface area contributed by atoms with Gasteiger partial charge in [0.25, 0.3) is 5.91 Å². The molecule has 0 spiro atoms. The lowest BCUT2D eigenvalue weighted by Gasteiger charge is -2.09. The molecule has 1 N–H and O–H groups in total. The van der Waals surface area contributed by atoms with Crippen LogP contribution in [0.5, 0.6) is 11.5 Å². The molecule has 0 bridgehead atoms. The number of aromatic nitrogens is 1. The molecule has 0 saturated carbocycles. The van der Waals surface area contributed by atoms with E-state index in [4.69, 9.17) is 9.47 Å². The number of aryl methyl sites for hydroxylation is 1. The predicted molar refractivity (Wildman–Crippen MR) is 118 cm³/mol. The van der Waals surface area contributed by atoms with Crippen LogP contribution >= 0.6 is 11.3 Å². The summed E-state index contributed by atoms with van der Waals surface area (Å²) in [6.07, 6.45) is 3.02. The number of amides is 1. The number of unbranched alkanes of at least 4 members (excludes halogenated alkanes) is 1. The van der Waals surface area contributed by atoms with E-state index in [1.165, 1.54) is 11.3 Å². The maximum atomic E-state index is 12.2. The number of hydrogen-bond donors (Lipinski definition) is 1. The van der Waals surface area contributed by atoms with E-state index < -0.39 is 0 Å². The number of nitrogens with zero attached hydrogens (tertiary/aromatic N) is 1. The van der Waals surface area contributed by atoms with Crippen LogP contribution in [0.1, 0.15) is 32.3 Å². The van der Waals surface area contributed by atoms with Gasteiger partial charge in [0.1, 0.15) is 11.5 Å². The first kappa shape index (κ1) is 20.9. The summed E-state index contributed by atoms with van der Waals surface area (Å²) >= 11 is 1.39. The number of carbonyl (C=O) groups excluding carboxylic acids is 1. The highest BCUT2D eigenvalue weighted by atomic mass is 32.1. The third-order valence-corrected chi connectivity index (χ3v) is 5.14. The Morgan fingerprint density at radius 3 is 2.62 bits per heavy atom. The van der Waals surface area contributed by atoms with Crippen LogP contribution in [0, 0.1) is 0 Å². The Labute approximate surface area is 175 Å². The van der Waals surface area contributed by atoms with Gasteiger partial charge in [0, 0.05) is 10.9 Å². The van der Waals surface area contributed by atoms with Gasteiger partial charge in [0.2, 0.25) is 0 Å². The van der Waals surface area contributed by atoms with Crippen molar-refractivity contribution in [2.45, 2.75) is 33.1 Å². The second-order valence-electron chi connectivity index (χ2n) is 6.56. The molecule has 0 aliphatic carbocycles. The molecular formula is C23H26N2O3S. The van der Waals surface area contributed by atoms with E-state index in [-0.39, 0.29) is 12.5 Å². The zero-order chi connectivity index (χ0) is 20.5. The Balaban J connectivity index is 1.53. The standard InChI is InChI=1S/C23H26N2O3S/c1-3-5-14-27-19-12-10-18(11-13-19)20-16-29-23(24-20)25-22(26)15-28-21-9-7-6-8-17(21)4-2/h6-13,16H,3-5,14-15H2,1-2H3,(H,24,25,26). The fraction of sp³-hybridized carbons (Fsp3) is 0.304. The highest BCUT2D eigenvalue weighted by Gasteiger charge is 2.10. The largest absolute Gasteiger partial charge is 0.494 e. The fourth-order valence-corrected chi connectivity index (χ4v) is 3.49. The lowest BCUT2D eigenvalue weighted by Crippen LogP contribution is -2.20. The van der Waals surface area contributed by atoms with E-state index in [0.29, 0.717) is 5.13 Å². The molecule has 0 aliphatic heterocycles. The van der Waals surface area contributed by atoms with Gasteiger partial charge < -0.3 is 9.47 Å². The molecule has 0 saturated heterocycles. The van der Waals surface area contributed by atoms with Gasteiger partial charge in [-0.05, 0) is 48.7 Å². The molecule has 0 aliphatic rings. The van der Waals surface area contributed by atoms with Gasteiger partial charge in [-0.2, -0.15) is 0 Å². The molecule has 0 atom stereocenters. The summed E-state index contributed by atoms with van der Waals surface area (Å²) < 4.78 is 11.3. The first-order chi connectivity index (χ1) is 14.2. The minimum atomic E-state index is -0.225. The summed E-state index contributed by atoms with van der Waals surface area (Å²) in [7, 11) is 0. The number of benzene rings is 2. The van der Waals surface area contributed by atoms with Crippen LogP contribution in [0.4, 0.5) is 5.13 Å². The molecule has 0 fully saturated rings. The quantitative estimate of drug-likeness (QED) is 0.444. The summed E-state index contributed by atoms with van der Waals surface area (Å²) in [5.41, 5.74) is 2.89. The lowest BCUT2D eigenvalue weighted by atomic mass is 10.1. The SMILES string of the molecule is CCCCOc1ccc(-c2csc(NC(=O)COc3ccccc3CC)n2)cc1. The topological polar surface area (TPSA) is 60.5 Å². The van der Waals surface area contributed by atoms with Crippen molar-refractivity contribution in [3.8, 4) is 22.8 Å². The first-order valence-corrected chi connectivity index (χ1v) is 10.8. The Morgan fingerprint density at radius 1 is 1.07 bits per heavy atom. The van der Waals surface area contributed by atoms with E-state index in [0.717, 1.165) is 54.2 Å². The Morgan fingerprint density at radius 2 is 1.86 bits per heavy atom. The van der Waals surface area contributed by atoms with Gasteiger partial charge in [0.05, 0.1) is 12.3 Å². The van der Waals surface area contributed by atoms with Crippen molar-refractivity contribution in [2.75, 3.05) is 18.5 Å². The number of anilines is 1. The van der Waals surface area contributed by atoms with Crippen molar-refractivity contribution in [2.24, 2.45) is 0 Å².